The summed E-state index contributed by atoms with van der Waals surface area (Å²) < 4.78 is 26.5. The Bertz CT molecular complexity index is 791. The van der Waals surface area contributed by atoms with Gasteiger partial charge in [-0.15, -0.1) is 23.7 Å². The molecule has 1 heterocycles. The number of benzene rings is 1. The Hall–Kier alpha value is -1.52. The molecular formula is C15H21ClN4O3S2. The highest BCUT2D eigenvalue weighted by molar-refractivity contribution is 7.89. The predicted octanol–water partition coefficient (Wildman–Crippen LogP) is 2.01. The van der Waals surface area contributed by atoms with Gasteiger partial charge in [-0.3, -0.25) is 4.79 Å². The molecule has 1 aromatic heterocycles. The van der Waals surface area contributed by atoms with Crippen molar-refractivity contribution in [2.75, 3.05) is 18.4 Å². The van der Waals surface area contributed by atoms with E-state index in [0.29, 0.717) is 37.3 Å². The van der Waals surface area contributed by atoms with E-state index in [1.165, 1.54) is 23.5 Å². The van der Waals surface area contributed by atoms with Crippen LogP contribution in [0.5, 0.6) is 0 Å². The number of amides is 1. The summed E-state index contributed by atoms with van der Waals surface area (Å²) in [7, 11) is -3.51. The number of nitrogens with zero attached hydrogens (tertiary/aromatic N) is 1. The summed E-state index contributed by atoms with van der Waals surface area (Å²) in [6, 6.07) is 6.00. The number of halogens is 1. The molecule has 25 heavy (non-hydrogen) atoms. The highest BCUT2D eigenvalue weighted by atomic mass is 35.5. The van der Waals surface area contributed by atoms with Gasteiger partial charge in [-0.2, -0.15) is 0 Å². The lowest BCUT2D eigenvalue weighted by atomic mass is 10.3. The number of nitrogens with two attached hydrogens (primary N) is 1. The van der Waals surface area contributed by atoms with Crippen molar-refractivity contribution >= 4 is 45.4 Å². The molecule has 0 bridgehead atoms. The Morgan fingerprint density at radius 3 is 2.56 bits per heavy atom. The number of carbonyl (C=O) groups excluding carboxylic acids is 1. The largest absolute Gasteiger partial charge is 0.330 e. The molecule has 0 aliphatic heterocycles. The van der Waals surface area contributed by atoms with Gasteiger partial charge < -0.3 is 11.1 Å². The average Bonchev–Trinajstić information content (AvgIpc) is 3.03. The Morgan fingerprint density at radius 1 is 1.28 bits per heavy atom. The van der Waals surface area contributed by atoms with Crippen LogP contribution in [0.25, 0.3) is 0 Å². The van der Waals surface area contributed by atoms with Crippen LogP contribution in [-0.4, -0.2) is 32.4 Å². The zero-order chi connectivity index (χ0) is 17.6. The topological polar surface area (TPSA) is 114 Å². The van der Waals surface area contributed by atoms with Crippen LogP contribution in [0, 0.1) is 0 Å². The molecule has 0 aliphatic rings. The second-order valence-electron chi connectivity index (χ2n) is 5.04. The first-order valence-electron chi connectivity index (χ1n) is 7.52. The summed E-state index contributed by atoms with van der Waals surface area (Å²) >= 11 is 1.39. The van der Waals surface area contributed by atoms with Crippen LogP contribution < -0.4 is 15.8 Å². The van der Waals surface area contributed by atoms with Crippen LogP contribution in [0.2, 0.25) is 0 Å². The zero-order valence-corrected chi connectivity index (χ0v) is 16.1. The molecule has 1 amide bonds. The van der Waals surface area contributed by atoms with Crippen molar-refractivity contribution in [3.05, 3.63) is 40.3 Å². The molecule has 2 rings (SSSR count). The normalized spacial score (nSPS) is 11.0. The fraction of sp³-hybridized carbons (Fsp3) is 0.333. The maximum absolute atomic E-state index is 12.1. The van der Waals surface area contributed by atoms with Crippen LogP contribution in [-0.2, 0) is 16.4 Å². The number of hydrogen-bond acceptors (Lipinski definition) is 6. The van der Waals surface area contributed by atoms with Crippen molar-refractivity contribution in [1.82, 2.24) is 9.71 Å². The summed E-state index contributed by atoms with van der Waals surface area (Å²) in [4.78, 5) is 16.5. The Kier molecular flexibility index (Phi) is 8.46. The lowest BCUT2D eigenvalue weighted by Crippen LogP contribution is -2.24. The van der Waals surface area contributed by atoms with Crippen molar-refractivity contribution in [1.29, 1.82) is 0 Å². The highest BCUT2D eigenvalue weighted by Crippen LogP contribution is 2.16. The zero-order valence-electron chi connectivity index (χ0n) is 13.7. The van der Waals surface area contributed by atoms with Gasteiger partial charge in [0.25, 0.3) is 5.91 Å². The SMILES string of the molecule is CCCNS(=O)(=O)c1ccc(NC(=O)c2csc(CCN)n2)cc1.Cl. The molecule has 0 radical (unpaired) electrons. The third-order valence-corrected chi connectivity index (χ3v) is 5.49. The number of hydrogen-bond donors (Lipinski definition) is 3. The molecule has 0 unspecified atom stereocenters. The van der Waals surface area contributed by atoms with Gasteiger partial charge in [0.1, 0.15) is 5.69 Å². The number of thiazole rings is 1. The summed E-state index contributed by atoms with van der Waals surface area (Å²) in [6.45, 7) is 2.75. The number of sulfonamides is 1. The van der Waals surface area contributed by atoms with Crippen LogP contribution in [0.4, 0.5) is 5.69 Å². The standard InChI is InChI=1S/C15H20N4O3S2.ClH/c1-2-9-17-24(21,22)12-5-3-11(4-6-12)18-15(20)13-10-23-14(19-13)7-8-16;/h3-6,10,17H,2,7-9,16H2,1H3,(H,18,20);1H. The van der Waals surface area contributed by atoms with Crippen molar-refractivity contribution in [2.45, 2.75) is 24.7 Å². The molecule has 0 aliphatic carbocycles. The third kappa shape index (κ3) is 6.05. The van der Waals surface area contributed by atoms with Gasteiger partial charge in [0, 0.05) is 24.0 Å². The van der Waals surface area contributed by atoms with Crippen LogP contribution in [0.15, 0.2) is 34.5 Å². The van der Waals surface area contributed by atoms with Crippen molar-refractivity contribution < 1.29 is 13.2 Å². The summed E-state index contributed by atoms with van der Waals surface area (Å²) in [6.07, 6.45) is 1.35. The maximum Gasteiger partial charge on any atom is 0.275 e. The molecule has 2 aromatic rings. The molecule has 4 N–H and O–H groups in total. The van der Waals surface area contributed by atoms with E-state index >= 15 is 0 Å². The molecule has 7 nitrogen and oxygen atoms in total. The fourth-order valence-corrected chi connectivity index (χ4v) is 3.81. The summed E-state index contributed by atoms with van der Waals surface area (Å²) in [5.74, 6) is -0.339. The van der Waals surface area contributed by atoms with Gasteiger partial charge in [-0.1, -0.05) is 6.92 Å². The van der Waals surface area contributed by atoms with Crippen LogP contribution in [0.1, 0.15) is 28.8 Å². The van der Waals surface area contributed by atoms with Gasteiger partial charge in [-0.25, -0.2) is 18.1 Å². The molecule has 10 heteroatoms. The fourth-order valence-electron chi connectivity index (χ4n) is 1.89. The number of anilines is 1. The number of carbonyl (C=O) groups is 1. The van der Waals surface area contributed by atoms with E-state index < -0.39 is 10.0 Å². The minimum Gasteiger partial charge on any atom is -0.330 e. The van der Waals surface area contributed by atoms with Crippen molar-refractivity contribution in [2.24, 2.45) is 5.73 Å². The Balaban J connectivity index is 0.00000312. The minimum absolute atomic E-state index is 0. The van der Waals surface area contributed by atoms with Gasteiger partial charge >= 0.3 is 0 Å². The van der Waals surface area contributed by atoms with Crippen LogP contribution in [0.3, 0.4) is 0 Å². The number of aromatic nitrogens is 1. The van der Waals surface area contributed by atoms with Crippen molar-refractivity contribution in [3.8, 4) is 0 Å². The summed E-state index contributed by atoms with van der Waals surface area (Å²) in [5, 5.41) is 5.18. The smallest absolute Gasteiger partial charge is 0.275 e. The van der Waals surface area contributed by atoms with E-state index in [2.05, 4.69) is 15.0 Å². The Morgan fingerprint density at radius 2 is 1.96 bits per heavy atom. The van der Waals surface area contributed by atoms with E-state index in [1.54, 1.807) is 17.5 Å². The second-order valence-corrected chi connectivity index (χ2v) is 7.75. The van der Waals surface area contributed by atoms with E-state index in [9.17, 15) is 13.2 Å². The number of rotatable bonds is 8. The minimum atomic E-state index is -3.51. The molecule has 0 atom stereocenters. The van der Waals surface area contributed by atoms with Gasteiger partial charge in [0.15, 0.2) is 0 Å². The first-order chi connectivity index (χ1) is 11.5. The highest BCUT2D eigenvalue weighted by Gasteiger charge is 2.14. The first kappa shape index (κ1) is 21.5. The second kappa shape index (κ2) is 9.83. The van der Waals surface area contributed by atoms with Crippen LogP contribution >= 0.6 is 23.7 Å². The molecule has 0 saturated carbocycles. The monoisotopic (exact) mass is 404 g/mol. The molecule has 1 aromatic carbocycles. The molecule has 0 saturated heterocycles. The predicted molar refractivity (Wildman–Crippen MR) is 102 cm³/mol. The molecule has 0 fully saturated rings. The lowest BCUT2D eigenvalue weighted by Gasteiger charge is -2.07. The van der Waals surface area contributed by atoms with Gasteiger partial charge in [0.05, 0.1) is 9.90 Å². The lowest BCUT2D eigenvalue weighted by molar-refractivity contribution is 0.102. The molecular weight excluding hydrogens is 384 g/mol. The molecule has 0 spiro atoms. The third-order valence-electron chi connectivity index (χ3n) is 3.11. The first-order valence-corrected chi connectivity index (χ1v) is 9.88. The maximum atomic E-state index is 12.1. The van der Waals surface area contributed by atoms with Gasteiger partial charge in [-0.05, 0) is 37.2 Å². The van der Waals surface area contributed by atoms with Gasteiger partial charge in [0.2, 0.25) is 10.0 Å². The van der Waals surface area contributed by atoms with E-state index in [1.807, 2.05) is 6.92 Å². The quantitative estimate of drug-likeness (QED) is 0.622. The van der Waals surface area contributed by atoms with E-state index in [4.69, 9.17) is 5.73 Å². The average molecular weight is 405 g/mol. The Labute approximate surface area is 157 Å². The van der Waals surface area contributed by atoms with E-state index in [0.717, 1.165) is 5.01 Å². The number of nitrogens with one attached hydrogen (secondary N) is 2. The molecule has 138 valence electrons. The summed E-state index contributed by atoms with van der Waals surface area (Å²) in [5.41, 5.74) is 6.29. The van der Waals surface area contributed by atoms with Crippen molar-refractivity contribution in [3.63, 3.8) is 0 Å². The van der Waals surface area contributed by atoms with E-state index in [-0.39, 0.29) is 23.2 Å².